The van der Waals surface area contributed by atoms with Gasteiger partial charge in [-0.3, -0.25) is 4.90 Å². The summed E-state index contributed by atoms with van der Waals surface area (Å²) in [5.41, 5.74) is 5.03. The maximum absolute atomic E-state index is 10.8. The minimum absolute atomic E-state index is 0.227. The van der Waals surface area contributed by atoms with E-state index in [1.807, 2.05) is 12.1 Å². The molecule has 4 heteroatoms. The van der Waals surface area contributed by atoms with Gasteiger partial charge in [-0.1, -0.05) is 36.4 Å². The highest BCUT2D eigenvalue weighted by atomic mass is 16.7. The third-order valence-electron chi connectivity index (χ3n) is 6.32. The summed E-state index contributed by atoms with van der Waals surface area (Å²) in [6.45, 7) is 3.08. The summed E-state index contributed by atoms with van der Waals surface area (Å²) in [5, 5.41) is 10.8. The Morgan fingerprint density at radius 1 is 0.962 bits per heavy atom. The van der Waals surface area contributed by atoms with Gasteiger partial charge in [0.15, 0.2) is 6.79 Å². The molecule has 2 aromatic carbocycles. The molecule has 0 amide bonds. The molecule has 1 saturated heterocycles. The molecule has 0 radical (unpaired) electrons. The van der Waals surface area contributed by atoms with E-state index in [0.29, 0.717) is 19.3 Å². The van der Waals surface area contributed by atoms with Crippen LogP contribution in [0.1, 0.15) is 47.1 Å². The Bertz CT molecular complexity index is 798. The van der Waals surface area contributed by atoms with Crippen LogP contribution in [0, 0.1) is 0 Å². The number of aliphatic hydroxyl groups excluding tert-OH is 1. The Hall–Kier alpha value is -1.88. The summed E-state index contributed by atoms with van der Waals surface area (Å²) in [6.07, 6.45) is 2.85. The molecule has 1 aliphatic carbocycles. The zero-order valence-corrected chi connectivity index (χ0v) is 14.9. The first kappa shape index (κ1) is 16.3. The van der Waals surface area contributed by atoms with Crippen molar-refractivity contribution in [3.8, 4) is 5.75 Å². The van der Waals surface area contributed by atoms with Gasteiger partial charge >= 0.3 is 0 Å². The quantitative estimate of drug-likeness (QED) is 0.901. The lowest BCUT2D eigenvalue weighted by Gasteiger charge is -2.38. The van der Waals surface area contributed by atoms with Crippen LogP contribution < -0.4 is 4.74 Å². The molecule has 2 unspecified atom stereocenters. The Balaban J connectivity index is 1.29. The van der Waals surface area contributed by atoms with Crippen molar-refractivity contribution in [3.05, 3.63) is 64.7 Å². The van der Waals surface area contributed by atoms with Gasteiger partial charge in [-0.25, -0.2) is 0 Å². The molecule has 3 aliphatic rings. The first-order valence-electron chi connectivity index (χ1n) is 9.63. The summed E-state index contributed by atoms with van der Waals surface area (Å²) in [4.78, 5) is 2.49. The fraction of sp³-hybridized carbons (Fsp3) is 0.455. The van der Waals surface area contributed by atoms with Gasteiger partial charge in [0.1, 0.15) is 5.75 Å². The van der Waals surface area contributed by atoms with E-state index in [9.17, 15) is 5.11 Å². The van der Waals surface area contributed by atoms with Gasteiger partial charge in [0.2, 0.25) is 0 Å². The molecule has 1 fully saturated rings. The fourth-order valence-corrected chi connectivity index (χ4v) is 4.93. The summed E-state index contributed by atoms with van der Waals surface area (Å²) in [7, 11) is 0. The number of aliphatic hydroxyl groups is 1. The molecular weight excluding hydrogens is 326 g/mol. The van der Waals surface area contributed by atoms with Gasteiger partial charge in [-0.05, 0) is 61.0 Å². The second-order valence-corrected chi connectivity index (χ2v) is 7.66. The van der Waals surface area contributed by atoms with Crippen molar-refractivity contribution in [2.75, 3.05) is 19.9 Å². The monoisotopic (exact) mass is 351 g/mol. The van der Waals surface area contributed by atoms with E-state index in [2.05, 4.69) is 35.2 Å². The molecular formula is C22H25NO3. The first-order chi connectivity index (χ1) is 12.8. The minimum Gasteiger partial charge on any atom is -0.467 e. The molecule has 4 nitrogen and oxygen atoms in total. The summed E-state index contributed by atoms with van der Waals surface area (Å²) < 4.78 is 11.2. The second-order valence-electron chi connectivity index (χ2n) is 7.66. The molecule has 136 valence electrons. The SMILES string of the molecule is OC1c2ccccc2CC1N1CCC(c2cccc3c2COCO3)CC1. The first-order valence-corrected chi connectivity index (χ1v) is 9.63. The predicted molar refractivity (Wildman–Crippen MR) is 99.2 cm³/mol. The van der Waals surface area contributed by atoms with Crippen molar-refractivity contribution in [2.24, 2.45) is 0 Å². The summed E-state index contributed by atoms with van der Waals surface area (Å²) >= 11 is 0. The number of ether oxygens (including phenoxy) is 2. The standard InChI is InChI=1S/C22H25NO3/c24-22-18-5-2-1-4-16(18)12-20(22)23-10-8-15(9-11-23)17-6-3-7-21-19(17)13-25-14-26-21/h1-7,15,20,22,24H,8-14H2. The fourth-order valence-electron chi connectivity index (χ4n) is 4.93. The molecule has 2 aliphatic heterocycles. The molecule has 26 heavy (non-hydrogen) atoms. The summed E-state index contributed by atoms with van der Waals surface area (Å²) in [6, 6.07) is 14.9. The average molecular weight is 351 g/mol. The number of hydrogen-bond donors (Lipinski definition) is 1. The lowest BCUT2D eigenvalue weighted by Crippen LogP contribution is -2.43. The van der Waals surface area contributed by atoms with Crippen LogP contribution in [0.25, 0.3) is 0 Å². The van der Waals surface area contributed by atoms with E-state index >= 15 is 0 Å². The summed E-state index contributed by atoms with van der Waals surface area (Å²) in [5.74, 6) is 1.53. The third kappa shape index (κ3) is 2.73. The lowest BCUT2D eigenvalue weighted by atomic mass is 9.85. The normalized spacial score (nSPS) is 26.2. The molecule has 2 heterocycles. The Kier molecular flexibility index (Phi) is 4.20. The van der Waals surface area contributed by atoms with Crippen LogP contribution in [0.3, 0.4) is 0 Å². The van der Waals surface area contributed by atoms with Crippen molar-refractivity contribution in [1.82, 2.24) is 4.90 Å². The molecule has 2 aromatic rings. The smallest absolute Gasteiger partial charge is 0.189 e. The van der Waals surface area contributed by atoms with Gasteiger partial charge in [-0.15, -0.1) is 0 Å². The largest absolute Gasteiger partial charge is 0.467 e. The third-order valence-corrected chi connectivity index (χ3v) is 6.32. The van der Waals surface area contributed by atoms with Crippen LogP contribution in [-0.2, 0) is 17.8 Å². The number of rotatable bonds is 2. The highest BCUT2D eigenvalue weighted by Gasteiger charge is 2.37. The van der Waals surface area contributed by atoms with Crippen LogP contribution in [0.5, 0.6) is 5.75 Å². The molecule has 0 aromatic heterocycles. The number of hydrogen-bond acceptors (Lipinski definition) is 4. The van der Waals surface area contributed by atoms with Crippen LogP contribution in [0.4, 0.5) is 0 Å². The maximum atomic E-state index is 10.8. The van der Waals surface area contributed by atoms with Crippen molar-refractivity contribution in [3.63, 3.8) is 0 Å². The molecule has 1 N–H and O–H groups in total. The Labute approximate surface area is 154 Å². The Morgan fingerprint density at radius 2 is 1.77 bits per heavy atom. The zero-order chi connectivity index (χ0) is 17.5. The molecule has 0 bridgehead atoms. The molecule has 0 saturated carbocycles. The number of piperidine rings is 1. The van der Waals surface area contributed by atoms with E-state index in [-0.39, 0.29) is 12.1 Å². The van der Waals surface area contributed by atoms with Gasteiger partial charge < -0.3 is 14.6 Å². The minimum atomic E-state index is -0.353. The van der Waals surface area contributed by atoms with Gasteiger partial charge in [0.25, 0.3) is 0 Å². The van der Waals surface area contributed by atoms with Gasteiger partial charge in [0.05, 0.1) is 12.7 Å². The second kappa shape index (κ2) is 6.69. The number of fused-ring (bicyclic) bond motifs is 2. The maximum Gasteiger partial charge on any atom is 0.189 e. The topological polar surface area (TPSA) is 41.9 Å². The van der Waals surface area contributed by atoms with Crippen LogP contribution >= 0.6 is 0 Å². The molecule has 2 atom stereocenters. The Morgan fingerprint density at radius 3 is 2.62 bits per heavy atom. The van der Waals surface area contributed by atoms with E-state index in [0.717, 1.165) is 43.7 Å². The van der Waals surface area contributed by atoms with E-state index in [4.69, 9.17) is 9.47 Å². The average Bonchev–Trinajstić information content (AvgIpc) is 3.05. The van der Waals surface area contributed by atoms with Crippen LogP contribution in [-0.4, -0.2) is 35.9 Å². The van der Waals surface area contributed by atoms with Gasteiger partial charge in [-0.2, -0.15) is 0 Å². The molecule has 5 rings (SSSR count). The van der Waals surface area contributed by atoms with Crippen molar-refractivity contribution < 1.29 is 14.6 Å². The lowest BCUT2D eigenvalue weighted by molar-refractivity contribution is -0.0173. The van der Waals surface area contributed by atoms with E-state index in [1.165, 1.54) is 16.7 Å². The van der Waals surface area contributed by atoms with E-state index in [1.54, 1.807) is 0 Å². The van der Waals surface area contributed by atoms with Crippen molar-refractivity contribution in [2.45, 2.75) is 43.9 Å². The van der Waals surface area contributed by atoms with Crippen molar-refractivity contribution >= 4 is 0 Å². The van der Waals surface area contributed by atoms with E-state index < -0.39 is 0 Å². The van der Waals surface area contributed by atoms with Crippen molar-refractivity contribution in [1.29, 1.82) is 0 Å². The molecule has 0 spiro atoms. The highest BCUT2D eigenvalue weighted by molar-refractivity contribution is 5.42. The van der Waals surface area contributed by atoms with Crippen LogP contribution in [0.2, 0.25) is 0 Å². The van der Waals surface area contributed by atoms with Gasteiger partial charge in [0, 0.05) is 11.6 Å². The van der Waals surface area contributed by atoms with Crippen LogP contribution in [0.15, 0.2) is 42.5 Å². The zero-order valence-electron chi connectivity index (χ0n) is 14.9. The number of benzene rings is 2. The highest BCUT2D eigenvalue weighted by Crippen LogP contribution is 2.40. The number of likely N-dealkylation sites (tertiary alicyclic amines) is 1. The number of nitrogens with zero attached hydrogens (tertiary/aromatic N) is 1. The predicted octanol–water partition coefficient (Wildman–Crippen LogP) is 3.39.